The number of hydrogen-bond acceptors (Lipinski definition) is 5. The van der Waals surface area contributed by atoms with Gasteiger partial charge in [-0.3, -0.25) is 19.4 Å². The maximum absolute atomic E-state index is 12.0. The topological polar surface area (TPSA) is 182 Å². The Hall–Kier alpha value is -2.16. The van der Waals surface area contributed by atoms with Crippen LogP contribution in [0.2, 0.25) is 0 Å². The number of ketones is 1. The zero-order chi connectivity index (χ0) is 16.4. The van der Waals surface area contributed by atoms with Crippen LogP contribution in [-0.4, -0.2) is 46.5 Å². The van der Waals surface area contributed by atoms with E-state index in [1.54, 1.807) is 0 Å². The summed E-state index contributed by atoms with van der Waals surface area (Å²) in [6.07, 6.45) is 0.904. The van der Waals surface area contributed by atoms with E-state index in [2.05, 4.69) is 4.99 Å². The quantitative estimate of drug-likeness (QED) is 0.181. The first-order valence-corrected chi connectivity index (χ1v) is 6.54. The second kappa shape index (κ2) is 9.70. The number of guanidine groups is 1. The Kier molecular flexibility index (Phi) is 8.70. The smallest absolute Gasteiger partial charge is 0.321 e. The lowest BCUT2D eigenvalue weighted by Gasteiger charge is -2.18. The fraction of sp³-hybridized carbons (Fsp3) is 0.667. The van der Waals surface area contributed by atoms with Crippen LogP contribution in [0.25, 0.3) is 0 Å². The van der Waals surface area contributed by atoms with E-state index in [9.17, 15) is 14.4 Å². The first-order chi connectivity index (χ1) is 9.75. The summed E-state index contributed by atoms with van der Waals surface area (Å²) < 4.78 is 0. The number of carboxylic acid groups (broad SMARTS) is 2. The Bertz CT molecular complexity index is 406. The summed E-state index contributed by atoms with van der Waals surface area (Å²) in [6, 6.07) is -1.33. The van der Waals surface area contributed by atoms with Crippen LogP contribution < -0.4 is 17.2 Å². The van der Waals surface area contributed by atoms with Crippen molar-refractivity contribution in [2.75, 3.05) is 6.54 Å². The Morgan fingerprint density at radius 1 is 1.05 bits per heavy atom. The summed E-state index contributed by atoms with van der Waals surface area (Å²) in [6.45, 7) is 0.106. The molecule has 0 aromatic rings. The van der Waals surface area contributed by atoms with Crippen molar-refractivity contribution in [1.82, 2.24) is 0 Å². The largest absolute Gasteiger partial charge is 0.481 e. The lowest BCUT2D eigenvalue weighted by atomic mass is 9.89. The number of nitrogens with two attached hydrogens (primary N) is 3. The third-order valence-electron chi connectivity index (χ3n) is 2.93. The zero-order valence-corrected chi connectivity index (χ0v) is 11.7. The van der Waals surface area contributed by atoms with Crippen molar-refractivity contribution >= 4 is 23.7 Å². The molecule has 0 aliphatic carbocycles. The number of carbonyl (C=O) groups is 3. The number of carbonyl (C=O) groups excluding carboxylic acids is 1. The molecule has 9 nitrogen and oxygen atoms in total. The van der Waals surface area contributed by atoms with Gasteiger partial charge in [0.25, 0.3) is 0 Å². The van der Waals surface area contributed by atoms with Gasteiger partial charge in [-0.2, -0.15) is 0 Å². The Balaban J connectivity index is 4.49. The molecule has 0 amide bonds. The SMILES string of the molecule is NC(N)=NCCC(C(=O)CCCCC(=O)O)[C@H](N)C(=O)O. The molecule has 120 valence electrons. The van der Waals surface area contributed by atoms with Gasteiger partial charge in [0.05, 0.1) is 0 Å². The average molecular weight is 302 g/mol. The monoisotopic (exact) mass is 302 g/mol. The van der Waals surface area contributed by atoms with E-state index in [0.717, 1.165) is 0 Å². The van der Waals surface area contributed by atoms with Gasteiger partial charge in [-0.05, 0) is 19.3 Å². The van der Waals surface area contributed by atoms with Gasteiger partial charge < -0.3 is 27.4 Å². The van der Waals surface area contributed by atoms with Crippen molar-refractivity contribution in [3.63, 3.8) is 0 Å². The number of carboxylic acids is 2. The molecule has 0 bridgehead atoms. The summed E-state index contributed by atoms with van der Waals surface area (Å²) in [4.78, 5) is 37.0. The molecule has 0 heterocycles. The van der Waals surface area contributed by atoms with Gasteiger partial charge in [-0.15, -0.1) is 0 Å². The van der Waals surface area contributed by atoms with Gasteiger partial charge in [0.15, 0.2) is 5.96 Å². The maximum atomic E-state index is 12.0. The molecule has 1 unspecified atom stereocenters. The molecule has 0 radical (unpaired) electrons. The van der Waals surface area contributed by atoms with Gasteiger partial charge >= 0.3 is 11.9 Å². The normalized spacial score (nSPS) is 13.2. The molecule has 0 aromatic carbocycles. The van der Waals surface area contributed by atoms with E-state index in [1.807, 2.05) is 0 Å². The van der Waals surface area contributed by atoms with Crippen LogP contribution in [0.4, 0.5) is 0 Å². The highest BCUT2D eigenvalue weighted by atomic mass is 16.4. The van der Waals surface area contributed by atoms with Crippen molar-refractivity contribution in [3.8, 4) is 0 Å². The molecule has 0 aliphatic rings. The molecular weight excluding hydrogens is 280 g/mol. The molecule has 0 fully saturated rings. The molecule has 0 saturated carbocycles. The molecule has 21 heavy (non-hydrogen) atoms. The number of rotatable bonds is 11. The minimum absolute atomic E-state index is 0.0308. The minimum atomic E-state index is -1.33. The second-order valence-electron chi connectivity index (χ2n) is 4.63. The number of aliphatic imine (C=N–C) groups is 1. The predicted molar refractivity (Wildman–Crippen MR) is 75.5 cm³/mol. The molecule has 0 aromatic heterocycles. The summed E-state index contributed by atoms with van der Waals surface area (Å²) in [5.41, 5.74) is 15.8. The standard InChI is InChI=1S/C12H22N4O5/c13-10(11(20)21)7(5-6-16-12(14)15)8(17)3-1-2-4-9(18)19/h7,10H,1-6,13H2,(H,18,19)(H,20,21)(H4,14,15,16)/t7?,10-/m0/s1. The number of hydrogen-bond donors (Lipinski definition) is 5. The summed E-state index contributed by atoms with van der Waals surface area (Å²) in [5, 5.41) is 17.4. The maximum Gasteiger partial charge on any atom is 0.321 e. The van der Waals surface area contributed by atoms with Gasteiger partial charge in [0, 0.05) is 25.3 Å². The van der Waals surface area contributed by atoms with E-state index in [4.69, 9.17) is 27.4 Å². The van der Waals surface area contributed by atoms with Crippen LogP contribution in [0, 0.1) is 5.92 Å². The number of aliphatic carboxylic acids is 2. The van der Waals surface area contributed by atoms with E-state index in [-0.39, 0.29) is 37.6 Å². The highest BCUT2D eigenvalue weighted by Crippen LogP contribution is 2.15. The van der Waals surface area contributed by atoms with Crippen LogP contribution >= 0.6 is 0 Å². The Labute approximate surface area is 122 Å². The molecule has 0 saturated heterocycles. The van der Waals surface area contributed by atoms with Crippen LogP contribution in [0.3, 0.4) is 0 Å². The van der Waals surface area contributed by atoms with Crippen molar-refractivity contribution in [3.05, 3.63) is 0 Å². The first kappa shape index (κ1) is 18.8. The van der Waals surface area contributed by atoms with Crippen LogP contribution in [0.15, 0.2) is 4.99 Å². The van der Waals surface area contributed by atoms with Crippen LogP contribution in [-0.2, 0) is 14.4 Å². The van der Waals surface area contributed by atoms with Crippen LogP contribution in [0.5, 0.6) is 0 Å². The third kappa shape index (κ3) is 8.58. The molecule has 0 aliphatic heterocycles. The lowest BCUT2D eigenvalue weighted by Crippen LogP contribution is -2.42. The highest BCUT2D eigenvalue weighted by Gasteiger charge is 2.29. The van der Waals surface area contributed by atoms with E-state index in [0.29, 0.717) is 12.8 Å². The average Bonchev–Trinajstić information content (AvgIpc) is 2.38. The zero-order valence-electron chi connectivity index (χ0n) is 11.7. The first-order valence-electron chi connectivity index (χ1n) is 6.54. The summed E-state index contributed by atoms with van der Waals surface area (Å²) >= 11 is 0. The fourth-order valence-electron chi connectivity index (χ4n) is 1.81. The molecule has 8 N–H and O–H groups in total. The van der Waals surface area contributed by atoms with Crippen molar-refractivity contribution in [2.45, 2.75) is 38.1 Å². The fourth-order valence-corrected chi connectivity index (χ4v) is 1.81. The van der Waals surface area contributed by atoms with Gasteiger partial charge in [0.2, 0.25) is 0 Å². The second-order valence-corrected chi connectivity index (χ2v) is 4.63. The Morgan fingerprint density at radius 3 is 2.10 bits per heavy atom. The number of unbranched alkanes of at least 4 members (excludes halogenated alkanes) is 1. The third-order valence-corrected chi connectivity index (χ3v) is 2.93. The van der Waals surface area contributed by atoms with Crippen molar-refractivity contribution in [2.24, 2.45) is 28.1 Å². The van der Waals surface area contributed by atoms with Gasteiger partial charge in [-0.1, -0.05) is 0 Å². The molecule has 0 rings (SSSR count). The van der Waals surface area contributed by atoms with E-state index in [1.165, 1.54) is 0 Å². The van der Waals surface area contributed by atoms with Crippen molar-refractivity contribution < 1.29 is 24.6 Å². The summed E-state index contributed by atoms with van der Waals surface area (Å²) in [5.74, 6) is -3.57. The van der Waals surface area contributed by atoms with E-state index < -0.39 is 23.9 Å². The molecule has 0 spiro atoms. The number of Topliss-reactive ketones (excluding diaryl/α,β-unsaturated/α-hetero) is 1. The van der Waals surface area contributed by atoms with Crippen LogP contribution in [0.1, 0.15) is 32.1 Å². The lowest BCUT2D eigenvalue weighted by molar-refractivity contribution is -0.142. The number of nitrogens with zero attached hydrogens (tertiary/aromatic N) is 1. The molecular formula is C12H22N4O5. The van der Waals surface area contributed by atoms with Gasteiger partial charge in [0.1, 0.15) is 11.8 Å². The highest BCUT2D eigenvalue weighted by molar-refractivity contribution is 5.88. The minimum Gasteiger partial charge on any atom is -0.481 e. The van der Waals surface area contributed by atoms with Gasteiger partial charge in [-0.25, -0.2) is 0 Å². The molecule has 2 atom stereocenters. The summed E-state index contributed by atoms with van der Waals surface area (Å²) in [7, 11) is 0. The van der Waals surface area contributed by atoms with Crippen molar-refractivity contribution in [1.29, 1.82) is 0 Å². The van der Waals surface area contributed by atoms with E-state index >= 15 is 0 Å². The molecule has 9 heteroatoms. The Morgan fingerprint density at radius 2 is 1.62 bits per heavy atom. The predicted octanol–water partition coefficient (Wildman–Crippen LogP) is -1.11.